The van der Waals surface area contributed by atoms with Crippen LogP contribution in [0.2, 0.25) is 0 Å². The van der Waals surface area contributed by atoms with Gasteiger partial charge in [-0.2, -0.15) is 0 Å². The van der Waals surface area contributed by atoms with E-state index in [0.717, 1.165) is 18.5 Å². The van der Waals surface area contributed by atoms with Gasteiger partial charge in [-0.3, -0.25) is 14.2 Å². The first-order valence-electron chi connectivity index (χ1n) is 10.8. The number of aromatic nitrogens is 2. The number of fused-ring (bicyclic) bond motifs is 2. The highest BCUT2D eigenvalue weighted by Gasteiger charge is 2.23. The molecule has 166 valence electrons. The zero-order valence-electron chi connectivity index (χ0n) is 18.2. The van der Waals surface area contributed by atoms with E-state index in [4.69, 9.17) is 9.72 Å². The van der Waals surface area contributed by atoms with E-state index in [1.165, 1.54) is 17.3 Å². The van der Waals surface area contributed by atoms with E-state index in [1.807, 2.05) is 59.5 Å². The number of hydrogen-bond acceptors (Lipinski definition) is 5. The second-order valence-corrected chi connectivity index (χ2v) is 8.76. The second kappa shape index (κ2) is 9.11. The Labute approximate surface area is 195 Å². The average Bonchev–Trinajstić information content (AvgIpc) is 2.87. The molecule has 0 atom stereocenters. The van der Waals surface area contributed by atoms with E-state index < -0.39 is 0 Å². The van der Waals surface area contributed by atoms with Gasteiger partial charge in [0.2, 0.25) is 5.91 Å². The summed E-state index contributed by atoms with van der Waals surface area (Å²) in [5, 5.41) is 1.01. The van der Waals surface area contributed by atoms with Gasteiger partial charge in [-0.05, 0) is 48.7 Å². The Morgan fingerprint density at radius 1 is 1.06 bits per heavy atom. The van der Waals surface area contributed by atoms with Crippen molar-refractivity contribution in [3.8, 4) is 11.4 Å². The largest absolute Gasteiger partial charge is 0.497 e. The molecular weight excluding hydrogens is 434 g/mol. The van der Waals surface area contributed by atoms with Crippen molar-refractivity contribution >= 4 is 34.3 Å². The molecule has 0 spiro atoms. The minimum Gasteiger partial charge on any atom is -0.497 e. The third-order valence-corrected chi connectivity index (χ3v) is 6.72. The van der Waals surface area contributed by atoms with Gasteiger partial charge in [0.1, 0.15) is 5.75 Å². The zero-order chi connectivity index (χ0) is 22.8. The van der Waals surface area contributed by atoms with E-state index in [0.29, 0.717) is 34.0 Å². The maximum atomic E-state index is 13.4. The molecule has 1 amide bonds. The number of carbonyl (C=O) groups is 1. The molecule has 33 heavy (non-hydrogen) atoms. The summed E-state index contributed by atoms with van der Waals surface area (Å²) in [6.07, 6.45) is 1.92. The molecule has 0 fully saturated rings. The minimum atomic E-state index is -0.174. The van der Waals surface area contributed by atoms with E-state index in [2.05, 4.69) is 6.07 Å². The van der Waals surface area contributed by atoms with E-state index in [1.54, 1.807) is 23.8 Å². The SMILES string of the molecule is COc1cccc(-n2c(SCC(=O)N3CCCc4ccccc43)nc3ccccc3c2=O)c1. The van der Waals surface area contributed by atoms with E-state index in [-0.39, 0.29) is 17.2 Å². The Morgan fingerprint density at radius 3 is 2.76 bits per heavy atom. The quantitative estimate of drug-likeness (QED) is 0.327. The Morgan fingerprint density at radius 2 is 1.88 bits per heavy atom. The van der Waals surface area contributed by atoms with Crippen LogP contribution in [0.15, 0.2) is 82.7 Å². The maximum absolute atomic E-state index is 13.4. The number of para-hydroxylation sites is 2. The Kier molecular flexibility index (Phi) is 5.88. The molecule has 0 saturated heterocycles. The molecule has 1 aliphatic heterocycles. The number of rotatable bonds is 5. The fourth-order valence-electron chi connectivity index (χ4n) is 4.18. The number of amides is 1. The summed E-state index contributed by atoms with van der Waals surface area (Å²) in [6, 6.07) is 22.6. The van der Waals surface area contributed by atoms with E-state index >= 15 is 0 Å². The first-order chi connectivity index (χ1) is 16.2. The van der Waals surface area contributed by atoms with Gasteiger partial charge in [0, 0.05) is 18.3 Å². The van der Waals surface area contributed by atoms with Crippen LogP contribution >= 0.6 is 11.8 Å². The van der Waals surface area contributed by atoms with Gasteiger partial charge in [-0.25, -0.2) is 4.98 Å². The lowest BCUT2D eigenvalue weighted by Crippen LogP contribution is -2.36. The normalized spacial score (nSPS) is 13.1. The van der Waals surface area contributed by atoms with Crippen molar-refractivity contribution in [2.24, 2.45) is 0 Å². The molecule has 5 rings (SSSR count). The summed E-state index contributed by atoms with van der Waals surface area (Å²) < 4.78 is 6.91. The smallest absolute Gasteiger partial charge is 0.266 e. The predicted molar refractivity (Wildman–Crippen MR) is 132 cm³/mol. The zero-order valence-corrected chi connectivity index (χ0v) is 19.0. The maximum Gasteiger partial charge on any atom is 0.266 e. The van der Waals surface area contributed by atoms with Crippen molar-refractivity contribution in [2.75, 3.05) is 24.3 Å². The number of hydrogen-bond donors (Lipinski definition) is 0. The molecule has 6 nitrogen and oxygen atoms in total. The van der Waals surface area contributed by atoms with Crippen LogP contribution in [0.25, 0.3) is 16.6 Å². The average molecular weight is 458 g/mol. The Balaban J connectivity index is 1.51. The lowest BCUT2D eigenvalue weighted by atomic mass is 10.0. The highest BCUT2D eigenvalue weighted by Crippen LogP contribution is 2.29. The van der Waals surface area contributed by atoms with Crippen LogP contribution in [0.4, 0.5) is 5.69 Å². The molecular formula is C26H23N3O3S. The summed E-state index contributed by atoms with van der Waals surface area (Å²) in [5.41, 5.74) is 3.26. The molecule has 1 aromatic heterocycles. The number of carbonyl (C=O) groups excluding carboxylic acids is 1. The third-order valence-electron chi connectivity index (χ3n) is 5.79. The standard InChI is InChI=1S/C26H23N3O3S/c1-32-20-11-6-10-19(16-20)29-25(31)21-12-3-4-13-22(21)27-26(29)33-17-24(30)28-15-7-9-18-8-2-5-14-23(18)28/h2-6,8,10-14,16H,7,9,15,17H2,1H3. The summed E-state index contributed by atoms with van der Waals surface area (Å²) >= 11 is 1.28. The summed E-state index contributed by atoms with van der Waals surface area (Å²) in [6.45, 7) is 0.699. The van der Waals surface area contributed by atoms with Gasteiger partial charge in [0.05, 0.1) is 29.5 Å². The minimum absolute atomic E-state index is 0.00625. The van der Waals surface area contributed by atoms with Crippen LogP contribution in [-0.2, 0) is 11.2 Å². The van der Waals surface area contributed by atoms with Crippen molar-refractivity contribution in [3.63, 3.8) is 0 Å². The molecule has 1 aliphatic rings. The fourth-order valence-corrected chi connectivity index (χ4v) is 5.07. The number of aryl methyl sites for hydroxylation is 1. The topological polar surface area (TPSA) is 64.4 Å². The molecule has 0 unspecified atom stereocenters. The monoisotopic (exact) mass is 457 g/mol. The predicted octanol–water partition coefficient (Wildman–Crippen LogP) is 4.47. The third kappa shape index (κ3) is 4.12. The van der Waals surface area contributed by atoms with Gasteiger partial charge < -0.3 is 9.64 Å². The van der Waals surface area contributed by atoms with Gasteiger partial charge in [-0.1, -0.05) is 48.2 Å². The van der Waals surface area contributed by atoms with E-state index in [9.17, 15) is 9.59 Å². The number of anilines is 1. The number of thioether (sulfide) groups is 1. The number of nitrogens with zero attached hydrogens (tertiary/aromatic N) is 3. The molecule has 0 saturated carbocycles. The first-order valence-corrected chi connectivity index (χ1v) is 11.8. The second-order valence-electron chi connectivity index (χ2n) is 7.82. The van der Waals surface area contributed by atoms with Crippen molar-refractivity contribution < 1.29 is 9.53 Å². The van der Waals surface area contributed by atoms with Crippen molar-refractivity contribution in [2.45, 2.75) is 18.0 Å². The lowest BCUT2D eigenvalue weighted by Gasteiger charge is -2.29. The molecule has 0 radical (unpaired) electrons. The summed E-state index contributed by atoms with van der Waals surface area (Å²) in [5.74, 6) is 0.833. The highest BCUT2D eigenvalue weighted by atomic mass is 32.2. The molecule has 0 N–H and O–H groups in total. The molecule has 2 heterocycles. The van der Waals surface area contributed by atoms with Gasteiger partial charge in [0.15, 0.2) is 5.16 Å². The summed E-state index contributed by atoms with van der Waals surface area (Å²) in [4.78, 5) is 33.2. The lowest BCUT2D eigenvalue weighted by molar-refractivity contribution is -0.116. The van der Waals surface area contributed by atoms with Crippen LogP contribution in [-0.4, -0.2) is 34.9 Å². The van der Waals surface area contributed by atoms with Crippen molar-refractivity contribution in [3.05, 3.63) is 88.7 Å². The van der Waals surface area contributed by atoms with Gasteiger partial charge >= 0.3 is 0 Å². The van der Waals surface area contributed by atoms with Crippen LogP contribution < -0.4 is 15.2 Å². The fraction of sp³-hybridized carbons (Fsp3) is 0.192. The molecule has 3 aromatic carbocycles. The van der Waals surface area contributed by atoms with Crippen LogP contribution in [0.5, 0.6) is 5.75 Å². The molecule has 4 aromatic rings. The Hall–Kier alpha value is -3.58. The van der Waals surface area contributed by atoms with Crippen LogP contribution in [0.1, 0.15) is 12.0 Å². The summed E-state index contributed by atoms with van der Waals surface area (Å²) in [7, 11) is 1.59. The van der Waals surface area contributed by atoms with Crippen molar-refractivity contribution in [1.82, 2.24) is 9.55 Å². The number of benzene rings is 3. The molecule has 0 aliphatic carbocycles. The van der Waals surface area contributed by atoms with Gasteiger partial charge in [0.25, 0.3) is 5.56 Å². The first kappa shape index (κ1) is 21.3. The van der Waals surface area contributed by atoms with Crippen LogP contribution in [0, 0.1) is 0 Å². The Bertz CT molecular complexity index is 1400. The highest BCUT2D eigenvalue weighted by molar-refractivity contribution is 7.99. The van der Waals surface area contributed by atoms with Crippen LogP contribution in [0.3, 0.4) is 0 Å². The van der Waals surface area contributed by atoms with Crippen molar-refractivity contribution in [1.29, 1.82) is 0 Å². The molecule has 7 heteroatoms. The number of methoxy groups -OCH3 is 1. The number of ether oxygens (including phenoxy) is 1. The molecule has 0 bridgehead atoms. The van der Waals surface area contributed by atoms with Gasteiger partial charge in [-0.15, -0.1) is 0 Å².